The average Bonchev–Trinajstić information content (AvgIpc) is 3.26. The molecule has 7 nitrogen and oxygen atoms in total. The van der Waals surface area contributed by atoms with Crippen LogP contribution in [0.25, 0.3) is 0 Å². The smallest absolute Gasteiger partial charge is 0.410 e. The van der Waals surface area contributed by atoms with E-state index in [9.17, 15) is 9.59 Å². The van der Waals surface area contributed by atoms with Crippen molar-refractivity contribution >= 4 is 23.4 Å². The molecule has 3 rings (SSSR count). The van der Waals surface area contributed by atoms with E-state index in [1.807, 2.05) is 51.1 Å². The normalized spacial score (nSPS) is 19.6. The number of aromatic carboxylic acids is 1. The Hall–Kier alpha value is -2.45. The lowest BCUT2D eigenvalue weighted by Gasteiger charge is -2.27. The van der Waals surface area contributed by atoms with Crippen molar-refractivity contribution < 1.29 is 24.2 Å². The van der Waals surface area contributed by atoms with E-state index in [-0.39, 0.29) is 17.8 Å². The van der Waals surface area contributed by atoms with Gasteiger partial charge in [-0.3, -0.25) is 4.90 Å². The molecule has 0 saturated carbocycles. The maximum atomic E-state index is 12.7. The Morgan fingerprint density at radius 2 is 2.00 bits per heavy atom. The van der Waals surface area contributed by atoms with Crippen molar-refractivity contribution in [1.29, 1.82) is 0 Å². The van der Waals surface area contributed by atoms with Crippen LogP contribution >= 0.6 is 11.3 Å². The van der Waals surface area contributed by atoms with E-state index in [2.05, 4.69) is 4.98 Å². The number of ether oxygens (including phenoxy) is 2. The van der Waals surface area contributed by atoms with Crippen LogP contribution in [0.5, 0.6) is 0 Å². The highest BCUT2D eigenvalue weighted by Gasteiger charge is 2.40. The molecular formula is C20H24N2O5S. The topological polar surface area (TPSA) is 89.0 Å². The molecule has 1 N–H and O–H groups in total. The van der Waals surface area contributed by atoms with Crippen LogP contribution in [0.3, 0.4) is 0 Å². The van der Waals surface area contributed by atoms with Crippen molar-refractivity contribution in [2.24, 2.45) is 0 Å². The highest BCUT2D eigenvalue weighted by molar-refractivity contribution is 7.09. The summed E-state index contributed by atoms with van der Waals surface area (Å²) in [5.74, 6) is -1.08. The monoisotopic (exact) mass is 404 g/mol. The molecule has 1 aromatic carbocycles. The first-order valence-electron chi connectivity index (χ1n) is 9.07. The predicted octanol–water partition coefficient (Wildman–Crippen LogP) is 4.11. The first-order valence-corrected chi connectivity index (χ1v) is 9.95. The number of hydrogen-bond donors (Lipinski definition) is 1. The largest absolute Gasteiger partial charge is 0.476 e. The van der Waals surface area contributed by atoms with E-state index in [0.717, 1.165) is 5.56 Å². The Balaban J connectivity index is 1.75. The lowest BCUT2D eigenvalue weighted by molar-refractivity contribution is 0.0148. The molecule has 0 radical (unpaired) electrons. The molecule has 0 spiro atoms. The van der Waals surface area contributed by atoms with Gasteiger partial charge in [0.15, 0.2) is 5.69 Å². The molecule has 1 aliphatic rings. The summed E-state index contributed by atoms with van der Waals surface area (Å²) in [6, 6.07) is 9.45. The molecule has 2 atom stereocenters. The second kappa shape index (κ2) is 8.28. The predicted molar refractivity (Wildman–Crippen MR) is 104 cm³/mol. The Kier molecular flexibility index (Phi) is 6.00. The van der Waals surface area contributed by atoms with Crippen LogP contribution in [0.4, 0.5) is 4.79 Å². The molecule has 8 heteroatoms. The van der Waals surface area contributed by atoms with Gasteiger partial charge in [-0.2, -0.15) is 0 Å². The van der Waals surface area contributed by atoms with Gasteiger partial charge in [0.1, 0.15) is 10.6 Å². The fourth-order valence-corrected chi connectivity index (χ4v) is 3.92. The number of aromatic nitrogens is 1. The SMILES string of the molecule is CC(C)(C)OC(=O)N1C[C@@H](OCc2ccccc2)C[C@H]1c1nc(C(=O)O)cs1. The second-order valence-corrected chi connectivity index (χ2v) is 8.57. The number of amides is 1. The molecule has 1 saturated heterocycles. The van der Waals surface area contributed by atoms with Gasteiger partial charge in [0.2, 0.25) is 0 Å². The van der Waals surface area contributed by atoms with Gasteiger partial charge >= 0.3 is 12.1 Å². The van der Waals surface area contributed by atoms with Gasteiger partial charge in [0.25, 0.3) is 0 Å². The van der Waals surface area contributed by atoms with Crippen LogP contribution in [-0.4, -0.2) is 45.3 Å². The van der Waals surface area contributed by atoms with E-state index in [1.165, 1.54) is 16.7 Å². The molecule has 0 unspecified atom stereocenters. The molecule has 2 heterocycles. The molecule has 0 bridgehead atoms. The Morgan fingerprint density at radius 3 is 2.61 bits per heavy atom. The number of rotatable bonds is 5. The minimum Gasteiger partial charge on any atom is -0.476 e. The van der Waals surface area contributed by atoms with Crippen molar-refractivity contribution in [3.63, 3.8) is 0 Å². The number of thiazole rings is 1. The van der Waals surface area contributed by atoms with Crippen molar-refractivity contribution in [2.45, 2.75) is 51.5 Å². The van der Waals surface area contributed by atoms with E-state index in [1.54, 1.807) is 4.90 Å². The quantitative estimate of drug-likeness (QED) is 0.807. The molecule has 1 aromatic heterocycles. The van der Waals surface area contributed by atoms with Gasteiger partial charge < -0.3 is 14.6 Å². The molecule has 1 fully saturated rings. The van der Waals surface area contributed by atoms with E-state index < -0.39 is 17.7 Å². The number of nitrogens with zero attached hydrogens (tertiary/aromatic N) is 2. The maximum Gasteiger partial charge on any atom is 0.410 e. The zero-order chi connectivity index (χ0) is 20.3. The van der Waals surface area contributed by atoms with Crippen molar-refractivity contribution in [1.82, 2.24) is 9.88 Å². The van der Waals surface area contributed by atoms with Crippen molar-refractivity contribution in [3.05, 3.63) is 52.0 Å². The number of benzene rings is 1. The van der Waals surface area contributed by atoms with Crippen LogP contribution in [0, 0.1) is 0 Å². The lowest BCUT2D eigenvalue weighted by Crippen LogP contribution is -2.37. The number of hydrogen-bond acceptors (Lipinski definition) is 6. The van der Waals surface area contributed by atoms with Gasteiger partial charge in [-0.05, 0) is 26.3 Å². The number of likely N-dealkylation sites (tertiary alicyclic amines) is 1. The third-order valence-corrected chi connectivity index (χ3v) is 5.19. The van der Waals surface area contributed by atoms with Crippen LogP contribution < -0.4 is 0 Å². The van der Waals surface area contributed by atoms with Crippen LogP contribution in [-0.2, 0) is 16.1 Å². The van der Waals surface area contributed by atoms with Gasteiger partial charge in [-0.1, -0.05) is 30.3 Å². The Labute approximate surface area is 167 Å². The highest BCUT2D eigenvalue weighted by Crippen LogP contribution is 2.36. The van der Waals surface area contributed by atoms with Gasteiger partial charge in [-0.25, -0.2) is 14.6 Å². The van der Waals surface area contributed by atoms with Crippen LogP contribution in [0.2, 0.25) is 0 Å². The number of carbonyl (C=O) groups is 2. The Bertz CT molecular complexity index is 831. The summed E-state index contributed by atoms with van der Waals surface area (Å²) in [7, 11) is 0. The summed E-state index contributed by atoms with van der Waals surface area (Å²) in [4.78, 5) is 29.7. The van der Waals surface area contributed by atoms with Crippen molar-refractivity contribution in [2.75, 3.05) is 6.54 Å². The maximum absolute atomic E-state index is 12.7. The number of carboxylic acids is 1. The molecule has 150 valence electrons. The van der Waals surface area contributed by atoms with Gasteiger partial charge in [0.05, 0.1) is 25.3 Å². The Morgan fingerprint density at radius 1 is 1.29 bits per heavy atom. The minimum absolute atomic E-state index is 0.0159. The summed E-state index contributed by atoms with van der Waals surface area (Å²) in [5, 5.41) is 11.2. The van der Waals surface area contributed by atoms with Gasteiger partial charge in [0, 0.05) is 11.8 Å². The second-order valence-electron chi connectivity index (χ2n) is 7.68. The molecule has 28 heavy (non-hydrogen) atoms. The first kappa shape index (κ1) is 20.3. The average molecular weight is 404 g/mol. The molecule has 1 aliphatic heterocycles. The third kappa shape index (κ3) is 5.08. The minimum atomic E-state index is -1.08. The first-order chi connectivity index (χ1) is 13.2. The van der Waals surface area contributed by atoms with E-state index >= 15 is 0 Å². The standard InChI is InChI=1S/C20H24N2O5S/c1-20(2,3)27-19(25)22-10-14(26-11-13-7-5-4-6-8-13)9-16(22)17-21-15(12-28-17)18(23)24/h4-8,12,14,16H,9-11H2,1-3H3,(H,23,24)/t14-,16-/m0/s1. The molecule has 0 aliphatic carbocycles. The third-order valence-electron chi connectivity index (χ3n) is 4.25. The molecular weight excluding hydrogens is 380 g/mol. The summed E-state index contributed by atoms with van der Waals surface area (Å²) in [6.07, 6.45) is -0.0937. The van der Waals surface area contributed by atoms with Crippen molar-refractivity contribution in [3.8, 4) is 0 Å². The zero-order valence-electron chi connectivity index (χ0n) is 16.1. The van der Waals surface area contributed by atoms with Crippen LogP contribution in [0.15, 0.2) is 35.7 Å². The lowest BCUT2D eigenvalue weighted by atomic mass is 10.2. The summed E-state index contributed by atoms with van der Waals surface area (Å²) in [5.41, 5.74) is 0.412. The number of carbonyl (C=O) groups excluding carboxylic acids is 1. The fraction of sp³-hybridized carbons (Fsp3) is 0.450. The van der Waals surface area contributed by atoms with Crippen LogP contribution in [0.1, 0.15) is 54.3 Å². The number of carboxylic acid groups (broad SMARTS) is 1. The zero-order valence-corrected chi connectivity index (χ0v) is 16.9. The molecule has 1 amide bonds. The molecule has 2 aromatic rings. The van der Waals surface area contributed by atoms with E-state index in [0.29, 0.717) is 24.6 Å². The summed E-state index contributed by atoms with van der Waals surface area (Å²) < 4.78 is 11.5. The summed E-state index contributed by atoms with van der Waals surface area (Å²) >= 11 is 1.23. The fourth-order valence-electron chi connectivity index (χ4n) is 3.00. The summed E-state index contributed by atoms with van der Waals surface area (Å²) in [6.45, 7) is 6.24. The highest BCUT2D eigenvalue weighted by atomic mass is 32.1. The van der Waals surface area contributed by atoms with Gasteiger partial charge in [-0.15, -0.1) is 11.3 Å². The van der Waals surface area contributed by atoms with E-state index in [4.69, 9.17) is 14.6 Å².